The van der Waals surface area contributed by atoms with Crippen molar-refractivity contribution in [3.05, 3.63) is 29.3 Å². The zero-order valence-corrected chi connectivity index (χ0v) is 10.2. The average molecular weight is 214 g/mol. The van der Waals surface area contributed by atoms with Crippen LogP contribution in [0.2, 0.25) is 0 Å². The fraction of sp³-hybridized carbons (Fsp3) is 0.500. The molecule has 0 amide bonds. The Kier molecular flexibility index (Phi) is 2.87. The van der Waals surface area contributed by atoms with Gasteiger partial charge in [0.2, 0.25) is 0 Å². The summed E-state index contributed by atoms with van der Waals surface area (Å²) in [7, 11) is 0. The molecule has 0 atom stereocenters. The number of benzene rings is 1. The predicted octanol–water partition coefficient (Wildman–Crippen LogP) is 2.96. The fourth-order valence-electron chi connectivity index (χ4n) is 2.19. The Morgan fingerprint density at radius 3 is 2.62 bits per heavy atom. The molecule has 1 aromatic rings. The summed E-state index contributed by atoms with van der Waals surface area (Å²) in [5.74, 6) is 1.53. The van der Waals surface area contributed by atoms with Gasteiger partial charge in [0, 0.05) is 13.1 Å². The molecule has 0 aromatic heterocycles. The van der Waals surface area contributed by atoms with Crippen LogP contribution in [0.25, 0.3) is 0 Å². The number of hydrogen-bond acceptors (Lipinski definition) is 2. The fourth-order valence-corrected chi connectivity index (χ4v) is 2.19. The minimum absolute atomic E-state index is 0.742. The monoisotopic (exact) mass is 214 g/mol. The van der Waals surface area contributed by atoms with Gasteiger partial charge in [0.25, 0.3) is 0 Å². The molecule has 0 saturated carbocycles. The molecule has 1 aliphatic heterocycles. The Hall–Kier alpha value is -1.49. The minimum Gasteiger partial charge on any atom is -0.370 e. The Bertz CT molecular complexity index is 423. The van der Waals surface area contributed by atoms with E-state index in [9.17, 15) is 0 Å². The van der Waals surface area contributed by atoms with Crippen molar-refractivity contribution in [2.24, 2.45) is 11.8 Å². The third-order valence-corrected chi connectivity index (χ3v) is 3.56. The molecule has 2 heteroatoms. The van der Waals surface area contributed by atoms with Crippen LogP contribution in [0.15, 0.2) is 18.2 Å². The van der Waals surface area contributed by atoms with Crippen molar-refractivity contribution in [1.82, 2.24) is 0 Å². The summed E-state index contributed by atoms with van der Waals surface area (Å²) in [6.07, 6.45) is 0. The van der Waals surface area contributed by atoms with Crippen LogP contribution in [-0.4, -0.2) is 13.1 Å². The van der Waals surface area contributed by atoms with Gasteiger partial charge in [-0.1, -0.05) is 26.0 Å². The summed E-state index contributed by atoms with van der Waals surface area (Å²) in [5.41, 5.74) is 3.03. The smallest absolute Gasteiger partial charge is 0.102 e. The van der Waals surface area contributed by atoms with E-state index in [2.05, 4.69) is 30.9 Å². The van der Waals surface area contributed by atoms with Crippen molar-refractivity contribution in [2.75, 3.05) is 18.0 Å². The van der Waals surface area contributed by atoms with Crippen LogP contribution in [0, 0.1) is 30.1 Å². The molecule has 0 bridgehead atoms. The highest BCUT2D eigenvalue weighted by Crippen LogP contribution is 2.32. The van der Waals surface area contributed by atoms with Gasteiger partial charge in [-0.15, -0.1) is 0 Å². The molecular weight excluding hydrogens is 196 g/mol. The van der Waals surface area contributed by atoms with Crippen molar-refractivity contribution in [3.8, 4) is 6.07 Å². The normalized spacial score (nSPS) is 16.1. The van der Waals surface area contributed by atoms with Crippen LogP contribution >= 0.6 is 0 Å². The largest absolute Gasteiger partial charge is 0.370 e. The molecule has 0 aliphatic carbocycles. The van der Waals surface area contributed by atoms with Crippen molar-refractivity contribution in [3.63, 3.8) is 0 Å². The third-order valence-electron chi connectivity index (χ3n) is 3.56. The molecule has 2 rings (SSSR count). The summed E-state index contributed by atoms with van der Waals surface area (Å²) in [6, 6.07) is 8.41. The van der Waals surface area contributed by atoms with E-state index in [0.29, 0.717) is 0 Å². The molecule has 2 nitrogen and oxygen atoms in total. The minimum atomic E-state index is 0.742. The highest BCUT2D eigenvalue weighted by atomic mass is 15.2. The maximum absolute atomic E-state index is 9.17. The molecule has 1 aromatic carbocycles. The maximum Gasteiger partial charge on any atom is 0.102 e. The van der Waals surface area contributed by atoms with Gasteiger partial charge < -0.3 is 4.90 Å². The molecule has 1 aliphatic rings. The van der Waals surface area contributed by atoms with Gasteiger partial charge in [-0.25, -0.2) is 0 Å². The second-order valence-electron chi connectivity index (χ2n) is 4.99. The summed E-state index contributed by atoms with van der Waals surface area (Å²) >= 11 is 0. The van der Waals surface area contributed by atoms with Crippen molar-refractivity contribution in [1.29, 1.82) is 5.26 Å². The second-order valence-corrected chi connectivity index (χ2v) is 4.99. The first-order chi connectivity index (χ1) is 7.63. The number of nitriles is 1. The van der Waals surface area contributed by atoms with Gasteiger partial charge in [0.15, 0.2) is 0 Å². The van der Waals surface area contributed by atoms with Gasteiger partial charge in [-0.3, -0.25) is 0 Å². The van der Waals surface area contributed by atoms with E-state index in [-0.39, 0.29) is 0 Å². The summed E-state index contributed by atoms with van der Waals surface area (Å²) in [5, 5.41) is 9.17. The van der Waals surface area contributed by atoms with Gasteiger partial charge in [-0.05, 0) is 30.4 Å². The van der Waals surface area contributed by atoms with Gasteiger partial charge in [-0.2, -0.15) is 5.26 Å². The Balaban J connectivity index is 2.18. The molecule has 0 spiro atoms. The van der Waals surface area contributed by atoms with Crippen LogP contribution in [0.1, 0.15) is 25.0 Å². The first kappa shape index (κ1) is 11.0. The summed E-state index contributed by atoms with van der Waals surface area (Å²) in [6.45, 7) is 8.72. The lowest BCUT2D eigenvalue weighted by Gasteiger charge is -2.43. The molecule has 1 fully saturated rings. The Morgan fingerprint density at radius 1 is 1.38 bits per heavy atom. The van der Waals surface area contributed by atoms with E-state index in [0.717, 1.165) is 41.7 Å². The second kappa shape index (κ2) is 4.17. The van der Waals surface area contributed by atoms with Crippen LogP contribution in [0.3, 0.4) is 0 Å². The van der Waals surface area contributed by atoms with E-state index in [4.69, 9.17) is 5.26 Å². The van der Waals surface area contributed by atoms with Crippen molar-refractivity contribution in [2.45, 2.75) is 20.8 Å². The third kappa shape index (κ3) is 1.78. The molecular formula is C14H18N2. The first-order valence-electron chi connectivity index (χ1n) is 5.88. The maximum atomic E-state index is 9.17. The van der Waals surface area contributed by atoms with E-state index in [1.54, 1.807) is 0 Å². The highest BCUT2D eigenvalue weighted by Gasteiger charge is 2.30. The van der Waals surface area contributed by atoms with Crippen LogP contribution in [0.5, 0.6) is 0 Å². The Morgan fingerprint density at radius 2 is 2.06 bits per heavy atom. The van der Waals surface area contributed by atoms with E-state index in [1.165, 1.54) is 0 Å². The molecule has 1 heterocycles. The summed E-state index contributed by atoms with van der Waals surface area (Å²) in [4.78, 5) is 2.32. The van der Waals surface area contributed by atoms with E-state index < -0.39 is 0 Å². The topological polar surface area (TPSA) is 27.0 Å². The molecule has 1 saturated heterocycles. The molecule has 0 N–H and O–H groups in total. The van der Waals surface area contributed by atoms with E-state index in [1.807, 2.05) is 19.1 Å². The van der Waals surface area contributed by atoms with Gasteiger partial charge >= 0.3 is 0 Å². The highest BCUT2D eigenvalue weighted by molar-refractivity contribution is 5.63. The van der Waals surface area contributed by atoms with Gasteiger partial charge in [0.05, 0.1) is 11.3 Å². The molecule has 84 valence electrons. The number of hydrogen-bond donors (Lipinski definition) is 0. The van der Waals surface area contributed by atoms with Crippen LogP contribution < -0.4 is 4.90 Å². The summed E-state index contributed by atoms with van der Waals surface area (Å²) < 4.78 is 0. The van der Waals surface area contributed by atoms with Crippen molar-refractivity contribution < 1.29 is 0 Å². The standard InChI is InChI=1S/C14H18N2/c1-10(2)12-8-16(9-12)14-6-4-5-11(3)13(14)7-15/h4-6,10,12H,8-9H2,1-3H3. The van der Waals surface area contributed by atoms with E-state index >= 15 is 0 Å². The van der Waals surface area contributed by atoms with Crippen LogP contribution in [0.4, 0.5) is 5.69 Å². The number of anilines is 1. The lowest BCUT2D eigenvalue weighted by molar-refractivity contribution is 0.309. The molecule has 0 radical (unpaired) electrons. The lowest BCUT2D eigenvalue weighted by Crippen LogP contribution is -2.49. The number of nitrogens with zero attached hydrogens (tertiary/aromatic N) is 2. The Labute approximate surface area is 97.5 Å². The first-order valence-corrected chi connectivity index (χ1v) is 5.88. The number of aryl methyl sites for hydroxylation is 1. The van der Waals surface area contributed by atoms with Crippen LogP contribution in [-0.2, 0) is 0 Å². The lowest BCUT2D eigenvalue weighted by atomic mass is 9.87. The van der Waals surface area contributed by atoms with Crippen molar-refractivity contribution >= 4 is 5.69 Å². The SMILES string of the molecule is Cc1cccc(N2CC(C(C)C)C2)c1C#N. The number of rotatable bonds is 2. The molecule has 0 unspecified atom stereocenters. The molecule has 16 heavy (non-hydrogen) atoms. The zero-order chi connectivity index (χ0) is 11.7. The van der Waals surface area contributed by atoms with Gasteiger partial charge in [0.1, 0.15) is 6.07 Å². The quantitative estimate of drug-likeness (QED) is 0.756. The zero-order valence-electron chi connectivity index (χ0n) is 10.2. The predicted molar refractivity (Wildman–Crippen MR) is 66.4 cm³/mol. The average Bonchev–Trinajstić information content (AvgIpc) is 2.15.